The molecule has 21 heavy (non-hydrogen) atoms. The Morgan fingerprint density at radius 3 is 2.19 bits per heavy atom. The number of hydrogen-bond acceptors (Lipinski definition) is 3. The van der Waals surface area contributed by atoms with E-state index in [-0.39, 0.29) is 30.2 Å². The first-order valence-electron chi connectivity index (χ1n) is 7.98. The van der Waals surface area contributed by atoms with E-state index in [0.29, 0.717) is 5.92 Å². The van der Waals surface area contributed by atoms with Crippen LogP contribution in [-0.4, -0.2) is 29.1 Å². The predicted molar refractivity (Wildman–Crippen MR) is 84.8 cm³/mol. The molecule has 0 radical (unpaired) electrons. The van der Waals surface area contributed by atoms with Gasteiger partial charge in [-0.25, -0.2) is 0 Å². The number of nitrogens with one attached hydrogen (secondary N) is 1. The second kappa shape index (κ2) is 9.77. The van der Waals surface area contributed by atoms with Gasteiger partial charge in [0.2, 0.25) is 5.91 Å². The van der Waals surface area contributed by atoms with E-state index >= 15 is 0 Å². The second-order valence-electron chi connectivity index (χ2n) is 6.46. The molecule has 0 saturated carbocycles. The first kappa shape index (κ1) is 19.9. The maximum absolute atomic E-state index is 12.1. The molecule has 0 aromatic rings. The first-order valence-corrected chi connectivity index (χ1v) is 7.98. The van der Waals surface area contributed by atoms with Crippen LogP contribution in [0.3, 0.4) is 0 Å². The van der Waals surface area contributed by atoms with Gasteiger partial charge in [-0.05, 0) is 17.8 Å². The SMILES string of the molecule is CCCCC(C)C(C)C(CC(=O)O)NC(=O)C(N)C(C)C. The molecule has 0 spiro atoms. The van der Waals surface area contributed by atoms with Crippen LogP contribution in [0.1, 0.15) is 60.3 Å². The second-order valence-corrected chi connectivity index (χ2v) is 6.46. The van der Waals surface area contributed by atoms with Crippen molar-refractivity contribution < 1.29 is 14.7 Å². The number of carboxylic acid groups (broad SMARTS) is 1. The fourth-order valence-corrected chi connectivity index (χ4v) is 2.32. The summed E-state index contributed by atoms with van der Waals surface area (Å²) in [5, 5.41) is 11.9. The minimum Gasteiger partial charge on any atom is -0.481 e. The highest BCUT2D eigenvalue weighted by Gasteiger charge is 2.28. The first-order chi connectivity index (χ1) is 9.70. The number of unbranched alkanes of at least 4 members (excludes halogenated alkanes) is 1. The zero-order valence-corrected chi connectivity index (χ0v) is 14.1. The summed E-state index contributed by atoms with van der Waals surface area (Å²) in [6.45, 7) is 10.0. The number of rotatable bonds is 10. The highest BCUT2D eigenvalue weighted by molar-refractivity contribution is 5.82. The third-order valence-corrected chi connectivity index (χ3v) is 4.29. The normalized spacial score (nSPS) is 17.1. The van der Waals surface area contributed by atoms with Crippen molar-refractivity contribution >= 4 is 11.9 Å². The van der Waals surface area contributed by atoms with Gasteiger partial charge < -0.3 is 16.2 Å². The molecule has 0 aliphatic heterocycles. The lowest BCUT2D eigenvalue weighted by atomic mass is 9.84. The van der Waals surface area contributed by atoms with E-state index < -0.39 is 12.0 Å². The van der Waals surface area contributed by atoms with Crippen LogP contribution in [0.2, 0.25) is 0 Å². The van der Waals surface area contributed by atoms with Crippen molar-refractivity contribution in [3.05, 3.63) is 0 Å². The van der Waals surface area contributed by atoms with Gasteiger partial charge in [-0.2, -0.15) is 0 Å². The van der Waals surface area contributed by atoms with Crippen LogP contribution >= 0.6 is 0 Å². The molecule has 4 atom stereocenters. The molecule has 0 aliphatic carbocycles. The summed E-state index contributed by atoms with van der Waals surface area (Å²) < 4.78 is 0. The molecular weight excluding hydrogens is 268 g/mol. The smallest absolute Gasteiger partial charge is 0.305 e. The van der Waals surface area contributed by atoms with Crippen LogP contribution in [0.5, 0.6) is 0 Å². The van der Waals surface area contributed by atoms with Gasteiger partial charge in [0, 0.05) is 6.04 Å². The van der Waals surface area contributed by atoms with Crippen molar-refractivity contribution in [1.29, 1.82) is 0 Å². The maximum Gasteiger partial charge on any atom is 0.305 e. The van der Waals surface area contributed by atoms with E-state index in [2.05, 4.69) is 19.2 Å². The van der Waals surface area contributed by atoms with Crippen LogP contribution in [0.25, 0.3) is 0 Å². The van der Waals surface area contributed by atoms with Crippen molar-refractivity contribution in [2.24, 2.45) is 23.5 Å². The molecule has 4 unspecified atom stereocenters. The number of amides is 1. The van der Waals surface area contributed by atoms with Crippen LogP contribution in [0, 0.1) is 17.8 Å². The fourth-order valence-electron chi connectivity index (χ4n) is 2.32. The molecule has 4 N–H and O–H groups in total. The van der Waals surface area contributed by atoms with Gasteiger partial charge in [0.15, 0.2) is 0 Å². The molecule has 124 valence electrons. The summed E-state index contributed by atoms with van der Waals surface area (Å²) >= 11 is 0. The lowest BCUT2D eigenvalue weighted by molar-refractivity contribution is -0.138. The van der Waals surface area contributed by atoms with Crippen LogP contribution in [0.15, 0.2) is 0 Å². The number of hydrogen-bond donors (Lipinski definition) is 3. The van der Waals surface area contributed by atoms with E-state index in [1.165, 1.54) is 0 Å². The van der Waals surface area contributed by atoms with Crippen molar-refractivity contribution in [3.63, 3.8) is 0 Å². The molecule has 0 fully saturated rings. The third-order valence-electron chi connectivity index (χ3n) is 4.29. The predicted octanol–water partition coefficient (Wildman–Crippen LogP) is 2.39. The number of nitrogens with two attached hydrogens (primary N) is 1. The number of carbonyl (C=O) groups excluding carboxylic acids is 1. The minimum absolute atomic E-state index is 0.0308. The molecule has 5 heteroatoms. The Hall–Kier alpha value is -1.10. The highest BCUT2D eigenvalue weighted by Crippen LogP contribution is 2.23. The standard InChI is InChI=1S/C16H32N2O3/c1-6-7-8-11(4)12(5)13(9-14(19)20)18-16(21)15(17)10(2)3/h10-13,15H,6-9,17H2,1-5H3,(H,18,21)(H,19,20). The molecule has 0 bridgehead atoms. The number of aliphatic carboxylic acids is 1. The summed E-state index contributed by atoms with van der Waals surface area (Å²) in [6.07, 6.45) is 3.21. The van der Waals surface area contributed by atoms with Gasteiger partial charge in [0.05, 0.1) is 12.5 Å². The summed E-state index contributed by atoms with van der Waals surface area (Å²) in [5.41, 5.74) is 5.84. The minimum atomic E-state index is -0.895. The zero-order valence-electron chi connectivity index (χ0n) is 14.1. The van der Waals surface area contributed by atoms with E-state index in [1.807, 2.05) is 20.8 Å². The van der Waals surface area contributed by atoms with Crippen molar-refractivity contribution in [1.82, 2.24) is 5.32 Å². The molecule has 0 rings (SSSR count). The largest absolute Gasteiger partial charge is 0.481 e. The molecule has 1 amide bonds. The van der Waals surface area contributed by atoms with Gasteiger partial charge >= 0.3 is 5.97 Å². The van der Waals surface area contributed by atoms with Crippen LogP contribution in [0.4, 0.5) is 0 Å². The van der Waals surface area contributed by atoms with Gasteiger partial charge in [0.25, 0.3) is 0 Å². The van der Waals surface area contributed by atoms with Gasteiger partial charge in [-0.3, -0.25) is 9.59 Å². The zero-order chi connectivity index (χ0) is 16.6. The molecule has 5 nitrogen and oxygen atoms in total. The Morgan fingerprint density at radius 1 is 1.19 bits per heavy atom. The molecule has 0 aromatic carbocycles. The van der Waals surface area contributed by atoms with E-state index in [1.54, 1.807) is 0 Å². The quantitative estimate of drug-likeness (QED) is 0.577. The Balaban J connectivity index is 4.78. The van der Waals surface area contributed by atoms with Crippen molar-refractivity contribution in [2.75, 3.05) is 0 Å². The Kier molecular flexibility index (Phi) is 9.26. The Bertz CT molecular complexity index is 331. The van der Waals surface area contributed by atoms with Crippen molar-refractivity contribution in [3.8, 4) is 0 Å². The summed E-state index contributed by atoms with van der Waals surface area (Å²) in [5.74, 6) is -0.650. The molecule has 0 aromatic heterocycles. The van der Waals surface area contributed by atoms with Crippen LogP contribution < -0.4 is 11.1 Å². The maximum atomic E-state index is 12.1. The van der Waals surface area contributed by atoms with E-state index in [4.69, 9.17) is 10.8 Å². The number of carboxylic acids is 1. The van der Waals surface area contributed by atoms with Gasteiger partial charge in [-0.1, -0.05) is 53.9 Å². The third kappa shape index (κ3) is 7.46. The molecule has 0 saturated heterocycles. The summed E-state index contributed by atoms with van der Waals surface area (Å²) in [7, 11) is 0. The lowest BCUT2D eigenvalue weighted by Gasteiger charge is -2.30. The molecular formula is C16H32N2O3. The molecule has 0 heterocycles. The Labute approximate surface area is 128 Å². The Morgan fingerprint density at radius 2 is 1.76 bits per heavy atom. The van der Waals surface area contributed by atoms with E-state index in [9.17, 15) is 9.59 Å². The highest BCUT2D eigenvalue weighted by atomic mass is 16.4. The fraction of sp³-hybridized carbons (Fsp3) is 0.875. The van der Waals surface area contributed by atoms with Gasteiger partial charge in [-0.15, -0.1) is 0 Å². The van der Waals surface area contributed by atoms with Gasteiger partial charge in [0.1, 0.15) is 0 Å². The average molecular weight is 300 g/mol. The van der Waals surface area contributed by atoms with Crippen LogP contribution in [-0.2, 0) is 9.59 Å². The van der Waals surface area contributed by atoms with E-state index in [0.717, 1.165) is 19.3 Å². The monoisotopic (exact) mass is 300 g/mol. The average Bonchev–Trinajstić information content (AvgIpc) is 2.41. The lowest BCUT2D eigenvalue weighted by Crippen LogP contribution is -2.51. The number of carbonyl (C=O) groups is 2. The molecule has 0 aliphatic rings. The summed E-state index contributed by atoms with van der Waals surface area (Å²) in [4.78, 5) is 23.1. The topological polar surface area (TPSA) is 92.4 Å². The van der Waals surface area contributed by atoms with Crippen molar-refractivity contribution in [2.45, 2.75) is 72.4 Å². The summed E-state index contributed by atoms with van der Waals surface area (Å²) in [6, 6.07) is -0.967.